The minimum absolute atomic E-state index is 0.162. The maximum Gasteiger partial charge on any atom is 0.423 e. The highest BCUT2D eigenvalue weighted by Crippen LogP contribution is 2.36. The molecule has 0 aliphatic heterocycles. The van der Waals surface area contributed by atoms with Gasteiger partial charge >= 0.3 is 6.09 Å². The van der Waals surface area contributed by atoms with Crippen LogP contribution < -0.4 is 0 Å². The van der Waals surface area contributed by atoms with Crippen LogP contribution in [0.1, 0.15) is 61.8 Å². The van der Waals surface area contributed by atoms with E-state index in [1.807, 2.05) is 34.6 Å². The SMILES string of the molecule is C=C(C)C#CC(C)N(C#CCCO[Si](C)(C)C(C)(C)C)C(=O)OC(C)(C)C. The normalized spacial score (nSPS) is 12.8. The first-order chi connectivity index (χ1) is 12.1. The van der Waals surface area contributed by atoms with E-state index in [-0.39, 0.29) is 5.04 Å². The van der Waals surface area contributed by atoms with Crippen LogP contribution in [-0.2, 0) is 9.16 Å². The summed E-state index contributed by atoms with van der Waals surface area (Å²) in [6.45, 7) is 24.5. The molecule has 0 saturated heterocycles. The summed E-state index contributed by atoms with van der Waals surface area (Å²) in [6, 6.07) is 2.50. The van der Waals surface area contributed by atoms with Gasteiger partial charge in [-0.1, -0.05) is 45.1 Å². The molecule has 0 heterocycles. The topological polar surface area (TPSA) is 38.8 Å². The Kier molecular flexibility index (Phi) is 9.39. The molecule has 1 atom stereocenters. The van der Waals surface area contributed by atoms with Crippen LogP contribution in [0.3, 0.4) is 0 Å². The van der Waals surface area contributed by atoms with Crippen molar-refractivity contribution in [2.24, 2.45) is 0 Å². The van der Waals surface area contributed by atoms with Gasteiger partial charge in [-0.15, -0.1) is 0 Å². The van der Waals surface area contributed by atoms with Crippen molar-refractivity contribution in [2.45, 2.75) is 91.6 Å². The molecule has 0 bridgehead atoms. The molecule has 0 radical (unpaired) electrons. The van der Waals surface area contributed by atoms with Crippen LogP contribution in [0.5, 0.6) is 0 Å². The Labute approximate surface area is 167 Å². The first-order valence-corrected chi connectivity index (χ1v) is 12.3. The number of nitrogens with zero attached hydrogens (tertiary/aromatic N) is 1. The molecule has 0 aromatic rings. The van der Waals surface area contributed by atoms with Crippen molar-refractivity contribution in [3.8, 4) is 23.8 Å². The van der Waals surface area contributed by atoms with Crippen molar-refractivity contribution >= 4 is 14.4 Å². The molecule has 0 aliphatic rings. The van der Waals surface area contributed by atoms with E-state index < -0.39 is 26.1 Å². The molecule has 0 rings (SSSR count). The van der Waals surface area contributed by atoms with Crippen LogP contribution in [0, 0.1) is 23.8 Å². The average molecular weight is 392 g/mol. The van der Waals surface area contributed by atoms with E-state index in [1.54, 1.807) is 0 Å². The molecule has 27 heavy (non-hydrogen) atoms. The summed E-state index contributed by atoms with van der Waals surface area (Å²) in [5, 5.41) is 0.162. The summed E-state index contributed by atoms with van der Waals surface area (Å²) in [5.41, 5.74) is 0.144. The minimum Gasteiger partial charge on any atom is -0.443 e. The van der Waals surface area contributed by atoms with Gasteiger partial charge < -0.3 is 9.16 Å². The molecule has 0 aromatic carbocycles. The smallest absolute Gasteiger partial charge is 0.423 e. The van der Waals surface area contributed by atoms with Crippen LogP contribution in [0.15, 0.2) is 12.2 Å². The number of hydrogen-bond acceptors (Lipinski definition) is 3. The Morgan fingerprint density at radius 2 is 1.74 bits per heavy atom. The quantitative estimate of drug-likeness (QED) is 0.272. The van der Waals surface area contributed by atoms with Gasteiger partial charge in [0.1, 0.15) is 11.6 Å². The van der Waals surface area contributed by atoms with Crippen molar-refractivity contribution in [3.63, 3.8) is 0 Å². The van der Waals surface area contributed by atoms with Crippen LogP contribution in [-0.4, -0.2) is 37.6 Å². The first-order valence-electron chi connectivity index (χ1n) is 9.38. The fraction of sp³-hybridized carbons (Fsp3) is 0.682. The predicted octanol–water partition coefficient (Wildman–Crippen LogP) is 5.56. The van der Waals surface area contributed by atoms with Gasteiger partial charge in [0.2, 0.25) is 0 Å². The highest BCUT2D eigenvalue weighted by molar-refractivity contribution is 6.74. The van der Waals surface area contributed by atoms with E-state index in [0.29, 0.717) is 13.0 Å². The number of allylic oxidation sites excluding steroid dienone is 1. The summed E-state index contributed by atoms with van der Waals surface area (Å²) in [4.78, 5) is 13.8. The van der Waals surface area contributed by atoms with Gasteiger partial charge in [-0.25, -0.2) is 9.69 Å². The second-order valence-corrected chi connectivity index (χ2v) is 14.0. The number of hydrogen-bond donors (Lipinski definition) is 0. The Morgan fingerprint density at radius 3 is 2.19 bits per heavy atom. The number of carbonyl (C=O) groups excluding carboxylic acids is 1. The van der Waals surface area contributed by atoms with Crippen LogP contribution in [0.25, 0.3) is 0 Å². The van der Waals surface area contributed by atoms with Gasteiger partial charge in [0.15, 0.2) is 8.32 Å². The summed E-state index contributed by atoms with van der Waals surface area (Å²) in [6.07, 6.45) is 0.0516. The second-order valence-electron chi connectivity index (χ2n) is 9.22. The van der Waals surface area contributed by atoms with Gasteiger partial charge in [-0.05, 0) is 58.3 Å². The molecule has 0 N–H and O–H groups in total. The zero-order valence-corrected chi connectivity index (χ0v) is 19.9. The van der Waals surface area contributed by atoms with E-state index >= 15 is 0 Å². The van der Waals surface area contributed by atoms with Crippen molar-refractivity contribution in [3.05, 3.63) is 12.2 Å². The summed E-state index contributed by atoms with van der Waals surface area (Å²) in [7, 11) is -1.79. The van der Waals surface area contributed by atoms with Crippen molar-refractivity contribution in [1.82, 2.24) is 4.90 Å². The lowest BCUT2D eigenvalue weighted by Crippen LogP contribution is -2.41. The Bertz CT molecular complexity index is 645. The van der Waals surface area contributed by atoms with Gasteiger partial charge in [0, 0.05) is 19.1 Å². The monoisotopic (exact) mass is 391 g/mol. The number of amides is 1. The van der Waals surface area contributed by atoms with Crippen LogP contribution in [0.2, 0.25) is 18.1 Å². The van der Waals surface area contributed by atoms with Gasteiger partial charge in [-0.2, -0.15) is 0 Å². The Morgan fingerprint density at radius 1 is 1.19 bits per heavy atom. The summed E-state index contributed by atoms with van der Waals surface area (Å²) in [5.74, 6) is 8.91. The first kappa shape index (κ1) is 25.3. The average Bonchev–Trinajstić information content (AvgIpc) is 2.45. The second kappa shape index (κ2) is 10.0. The number of rotatable bonds is 4. The zero-order valence-electron chi connectivity index (χ0n) is 18.9. The van der Waals surface area contributed by atoms with Gasteiger partial charge in [0.25, 0.3) is 0 Å². The highest BCUT2D eigenvalue weighted by atomic mass is 28.4. The molecule has 1 unspecified atom stereocenters. The largest absolute Gasteiger partial charge is 0.443 e. The summed E-state index contributed by atoms with van der Waals surface area (Å²) < 4.78 is 11.6. The lowest BCUT2D eigenvalue weighted by Gasteiger charge is -2.35. The predicted molar refractivity (Wildman–Crippen MR) is 116 cm³/mol. The van der Waals surface area contributed by atoms with Gasteiger partial charge in [-0.3, -0.25) is 0 Å². The Balaban J connectivity index is 5.13. The lowest BCUT2D eigenvalue weighted by atomic mass is 10.2. The molecule has 0 fully saturated rings. The standard InChI is InChI=1S/C22H37NO3Si/c1-18(2)14-15-19(3)23(20(24)26-21(4,5)6)16-12-13-17-25-27(10,11)22(7,8)9/h19H,1,13,17H2,2-11H3. The van der Waals surface area contributed by atoms with Crippen LogP contribution >= 0.6 is 0 Å². The highest BCUT2D eigenvalue weighted by Gasteiger charge is 2.36. The van der Waals surface area contributed by atoms with Crippen molar-refractivity contribution in [1.29, 1.82) is 0 Å². The number of carbonyl (C=O) groups is 1. The summed E-state index contributed by atoms with van der Waals surface area (Å²) >= 11 is 0. The molecule has 152 valence electrons. The van der Waals surface area contributed by atoms with E-state index in [9.17, 15) is 4.79 Å². The van der Waals surface area contributed by atoms with E-state index in [1.165, 1.54) is 4.90 Å². The van der Waals surface area contributed by atoms with E-state index in [4.69, 9.17) is 9.16 Å². The molecule has 1 amide bonds. The van der Waals surface area contributed by atoms with Crippen LogP contribution in [0.4, 0.5) is 4.79 Å². The zero-order chi connectivity index (χ0) is 21.5. The van der Waals surface area contributed by atoms with Crippen molar-refractivity contribution < 1.29 is 14.0 Å². The Hall–Kier alpha value is -1.69. The van der Waals surface area contributed by atoms with E-state index in [0.717, 1.165) is 5.57 Å². The lowest BCUT2D eigenvalue weighted by molar-refractivity contribution is 0.0330. The molecule has 0 spiro atoms. The molecule has 4 nitrogen and oxygen atoms in total. The third-order valence-corrected chi connectivity index (χ3v) is 8.71. The molecule has 5 heteroatoms. The molecular formula is C22H37NO3Si. The van der Waals surface area contributed by atoms with Gasteiger partial charge in [0.05, 0.1) is 0 Å². The third-order valence-electron chi connectivity index (χ3n) is 4.17. The number of ether oxygens (including phenoxy) is 1. The maximum absolute atomic E-state index is 12.5. The fourth-order valence-electron chi connectivity index (χ4n) is 1.62. The third kappa shape index (κ3) is 10.3. The maximum atomic E-state index is 12.5. The molecule has 0 aromatic heterocycles. The molecular weight excluding hydrogens is 354 g/mol. The molecule has 0 aliphatic carbocycles. The fourth-order valence-corrected chi connectivity index (χ4v) is 2.66. The van der Waals surface area contributed by atoms with Crippen molar-refractivity contribution in [2.75, 3.05) is 6.61 Å². The minimum atomic E-state index is -1.79. The van der Waals surface area contributed by atoms with E-state index in [2.05, 4.69) is 64.2 Å². The molecule has 0 saturated carbocycles.